The van der Waals surface area contributed by atoms with Gasteiger partial charge in [0.25, 0.3) is 0 Å². The first-order chi connectivity index (χ1) is 14.9. The second-order valence-corrected chi connectivity index (χ2v) is 10.7. The minimum Gasteiger partial charge on any atom is -0.507 e. The Labute approximate surface area is 184 Å². The van der Waals surface area contributed by atoms with Gasteiger partial charge in [0.1, 0.15) is 16.9 Å². The van der Waals surface area contributed by atoms with Crippen molar-refractivity contribution in [2.45, 2.75) is 40.0 Å². The number of hydrogen-bond donors (Lipinski definition) is 1. The number of benzene rings is 2. The monoisotopic (exact) mass is 428 g/mol. The van der Waals surface area contributed by atoms with Gasteiger partial charge in [-0.25, -0.2) is 14.5 Å². The van der Waals surface area contributed by atoms with Crippen LogP contribution >= 0.6 is 11.3 Å². The molecule has 2 aromatic carbocycles. The second-order valence-electron chi connectivity index (χ2n) is 9.65. The third-order valence-electron chi connectivity index (χ3n) is 6.72. The van der Waals surface area contributed by atoms with Crippen LogP contribution in [0.2, 0.25) is 0 Å². The molecule has 1 atom stereocenters. The van der Waals surface area contributed by atoms with Gasteiger partial charge in [-0.15, -0.1) is 16.4 Å². The Morgan fingerprint density at radius 2 is 1.90 bits per heavy atom. The molecule has 0 saturated carbocycles. The molecule has 0 saturated heterocycles. The zero-order chi connectivity index (χ0) is 21.3. The molecule has 1 N–H and O–H groups in total. The highest BCUT2D eigenvalue weighted by Gasteiger charge is 2.31. The lowest BCUT2D eigenvalue weighted by atomic mass is 9.72. The summed E-state index contributed by atoms with van der Waals surface area (Å²) in [6.07, 6.45) is 5.10. The molecule has 0 amide bonds. The first-order valence-corrected chi connectivity index (χ1v) is 11.6. The fourth-order valence-electron chi connectivity index (χ4n) is 4.84. The number of phenols is 1. The fourth-order valence-corrected chi connectivity index (χ4v) is 6.10. The first-order valence-electron chi connectivity index (χ1n) is 10.8. The predicted octanol–water partition coefficient (Wildman–Crippen LogP) is 6.02. The molecule has 3 heterocycles. The highest BCUT2D eigenvalue weighted by molar-refractivity contribution is 7.19. The first kappa shape index (κ1) is 18.8. The van der Waals surface area contributed by atoms with Gasteiger partial charge in [0.2, 0.25) is 0 Å². The SMILES string of the molecule is CC(C)(C)[C@@H]1CCc2c(sc3ncn4nc(-c5cc6ccccc6cc5O)nc4c23)C1. The van der Waals surface area contributed by atoms with Crippen molar-refractivity contribution in [1.82, 2.24) is 19.6 Å². The molecule has 156 valence electrons. The number of aryl methyl sites for hydroxylation is 1. The Morgan fingerprint density at radius 1 is 1.13 bits per heavy atom. The van der Waals surface area contributed by atoms with Crippen molar-refractivity contribution in [3.05, 3.63) is 53.2 Å². The Bertz CT molecular complexity index is 1470. The molecule has 1 aliphatic rings. The van der Waals surface area contributed by atoms with E-state index >= 15 is 0 Å². The van der Waals surface area contributed by atoms with Crippen LogP contribution in [0, 0.1) is 11.3 Å². The molecule has 0 radical (unpaired) electrons. The molecule has 0 spiro atoms. The van der Waals surface area contributed by atoms with E-state index in [-0.39, 0.29) is 5.75 Å². The zero-order valence-corrected chi connectivity index (χ0v) is 18.7. The number of fused-ring (bicyclic) bond motifs is 6. The van der Waals surface area contributed by atoms with E-state index in [1.165, 1.54) is 16.9 Å². The van der Waals surface area contributed by atoms with Crippen LogP contribution in [0.1, 0.15) is 37.6 Å². The molecule has 0 unspecified atom stereocenters. The Hall–Kier alpha value is -2.99. The highest BCUT2D eigenvalue weighted by atomic mass is 32.1. The maximum Gasteiger partial charge on any atom is 0.185 e. The van der Waals surface area contributed by atoms with Gasteiger partial charge in [-0.3, -0.25) is 0 Å². The van der Waals surface area contributed by atoms with Crippen LogP contribution in [-0.4, -0.2) is 24.7 Å². The predicted molar refractivity (Wildman–Crippen MR) is 126 cm³/mol. The molecular weight excluding hydrogens is 404 g/mol. The van der Waals surface area contributed by atoms with Gasteiger partial charge in [0.15, 0.2) is 11.5 Å². The highest BCUT2D eigenvalue weighted by Crippen LogP contribution is 2.44. The van der Waals surface area contributed by atoms with E-state index in [1.54, 1.807) is 28.2 Å². The molecule has 0 aliphatic heterocycles. The fraction of sp³-hybridized carbons (Fsp3) is 0.320. The largest absolute Gasteiger partial charge is 0.507 e. The van der Waals surface area contributed by atoms with Crippen molar-refractivity contribution in [3.8, 4) is 17.1 Å². The number of nitrogens with zero attached hydrogens (tertiary/aromatic N) is 4. The second kappa shape index (κ2) is 6.50. The van der Waals surface area contributed by atoms with Crippen molar-refractivity contribution < 1.29 is 5.11 Å². The molecule has 31 heavy (non-hydrogen) atoms. The molecule has 3 aromatic heterocycles. The smallest absolute Gasteiger partial charge is 0.185 e. The van der Waals surface area contributed by atoms with Crippen LogP contribution in [-0.2, 0) is 12.8 Å². The third kappa shape index (κ3) is 2.92. The summed E-state index contributed by atoms with van der Waals surface area (Å²) in [7, 11) is 0. The average molecular weight is 429 g/mol. The molecule has 0 bridgehead atoms. The molecule has 6 rings (SSSR count). The van der Waals surface area contributed by atoms with Gasteiger partial charge in [-0.05, 0) is 59.1 Å². The summed E-state index contributed by atoms with van der Waals surface area (Å²) in [5.41, 5.74) is 3.18. The normalized spacial score (nSPS) is 16.9. The number of aromatic hydroxyl groups is 1. The minimum atomic E-state index is 0.194. The van der Waals surface area contributed by atoms with Gasteiger partial charge in [0.05, 0.1) is 10.9 Å². The van der Waals surface area contributed by atoms with Gasteiger partial charge < -0.3 is 5.11 Å². The number of rotatable bonds is 1. The molecule has 5 nitrogen and oxygen atoms in total. The quantitative estimate of drug-likeness (QED) is 0.355. The molecule has 1 aliphatic carbocycles. The van der Waals surface area contributed by atoms with E-state index in [4.69, 9.17) is 9.97 Å². The Morgan fingerprint density at radius 3 is 2.68 bits per heavy atom. The van der Waals surface area contributed by atoms with Crippen molar-refractivity contribution >= 4 is 38.0 Å². The van der Waals surface area contributed by atoms with Gasteiger partial charge in [-0.1, -0.05) is 45.0 Å². The number of phenolic OH excluding ortho intramolecular Hbond substituents is 1. The van der Waals surface area contributed by atoms with Crippen LogP contribution in [0.5, 0.6) is 5.75 Å². The average Bonchev–Trinajstić information content (AvgIpc) is 3.32. The minimum absolute atomic E-state index is 0.194. The molecular formula is C25H24N4OS. The van der Waals surface area contributed by atoms with Crippen LogP contribution < -0.4 is 0 Å². The standard InChI is InChI=1S/C25H24N4OS/c1-25(2,3)16-8-9-17-20(12-16)31-24-21(17)23-27-22(28-29(23)13-26-24)18-10-14-6-4-5-7-15(14)11-19(18)30/h4-7,10-11,13,16,30H,8-9,12H2,1-3H3/t16-/m1/s1. The topological polar surface area (TPSA) is 63.3 Å². The summed E-state index contributed by atoms with van der Waals surface area (Å²) in [4.78, 5) is 12.1. The van der Waals surface area contributed by atoms with Gasteiger partial charge in [-0.2, -0.15) is 0 Å². The van der Waals surface area contributed by atoms with Gasteiger partial charge >= 0.3 is 0 Å². The summed E-state index contributed by atoms with van der Waals surface area (Å²) in [5.74, 6) is 1.41. The van der Waals surface area contributed by atoms with Crippen LogP contribution in [0.3, 0.4) is 0 Å². The lowest BCUT2D eigenvalue weighted by molar-refractivity contribution is 0.218. The maximum absolute atomic E-state index is 10.7. The van der Waals surface area contributed by atoms with Crippen molar-refractivity contribution in [2.24, 2.45) is 11.3 Å². The van der Waals surface area contributed by atoms with Crippen molar-refractivity contribution in [3.63, 3.8) is 0 Å². The third-order valence-corrected chi connectivity index (χ3v) is 7.88. The van der Waals surface area contributed by atoms with E-state index in [0.717, 1.165) is 39.5 Å². The summed E-state index contributed by atoms with van der Waals surface area (Å²) in [6.45, 7) is 7.02. The molecule has 6 heteroatoms. The molecule has 5 aromatic rings. The summed E-state index contributed by atoms with van der Waals surface area (Å²) < 4.78 is 1.76. The van der Waals surface area contributed by atoms with E-state index in [9.17, 15) is 5.11 Å². The van der Waals surface area contributed by atoms with E-state index in [1.807, 2.05) is 30.3 Å². The van der Waals surface area contributed by atoms with E-state index in [0.29, 0.717) is 22.7 Å². The van der Waals surface area contributed by atoms with Crippen LogP contribution in [0.25, 0.3) is 38.0 Å². The van der Waals surface area contributed by atoms with Crippen LogP contribution in [0.15, 0.2) is 42.7 Å². The summed E-state index contributed by atoms with van der Waals surface area (Å²) in [6, 6.07) is 11.7. The van der Waals surface area contributed by atoms with E-state index < -0.39 is 0 Å². The van der Waals surface area contributed by atoms with Crippen LogP contribution in [0.4, 0.5) is 0 Å². The Balaban J connectivity index is 1.52. The lowest BCUT2D eigenvalue weighted by Crippen LogP contribution is -2.26. The van der Waals surface area contributed by atoms with Crippen molar-refractivity contribution in [2.75, 3.05) is 0 Å². The number of thiophene rings is 1. The maximum atomic E-state index is 10.7. The lowest BCUT2D eigenvalue weighted by Gasteiger charge is -2.33. The Kier molecular flexibility index (Phi) is 3.93. The summed E-state index contributed by atoms with van der Waals surface area (Å²) in [5, 5.41) is 18.5. The number of hydrogen-bond acceptors (Lipinski definition) is 5. The number of aromatic nitrogens is 4. The summed E-state index contributed by atoms with van der Waals surface area (Å²) >= 11 is 1.80. The van der Waals surface area contributed by atoms with Gasteiger partial charge in [0, 0.05) is 4.88 Å². The van der Waals surface area contributed by atoms with E-state index in [2.05, 4.69) is 25.9 Å². The molecule has 0 fully saturated rings. The van der Waals surface area contributed by atoms with Crippen molar-refractivity contribution in [1.29, 1.82) is 0 Å². The zero-order valence-electron chi connectivity index (χ0n) is 17.9.